The van der Waals surface area contributed by atoms with Gasteiger partial charge in [0.15, 0.2) is 5.17 Å². The second kappa shape index (κ2) is 9.91. The maximum absolute atomic E-state index is 12.7. The van der Waals surface area contributed by atoms with Crippen molar-refractivity contribution in [1.82, 2.24) is 15.5 Å². The summed E-state index contributed by atoms with van der Waals surface area (Å²) in [5.74, 6) is 0.916. The Bertz CT molecular complexity index is 1050. The van der Waals surface area contributed by atoms with Crippen molar-refractivity contribution in [1.29, 1.82) is 0 Å². The molecule has 0 aromatic heterocycles. The van der Waals surface area contributed by atoms with Crippen LogP contribution in [0.2, 0.25) is 0 Å². The van der Waals surface area contributed by atoms with E-state index in [9.17, 15) is 9.59 Å². The molecule has 2 heterocycles. The Balaban J connectivity index is 1.49. The third-order valence-electron chi connectivity index (χ3n) is 5.51. The quantitative estimate of drug-likeness (QED) is 0.647. The molecule has 1 atom stereocenters. The molecule has 0 radical (unpaired) electrons. The van der Waals surface area contributed by atoms with Crippen LogP contribution in [0.4, 0.5) is 10.5 Å². The van der Waals surface area contributed by atoms with Crippen LogP contribution in [0.3, 0.4) is 0 Å². The van der Waals surface area contributed by atoms with Crippen LogP contribution in [0.5, 0.6) is 0 Å². The van der Waals surface area contributed by atoms with Gasteiger partial charge in [0.25, 0.3) is 5.91 Å². The first-order valence-electron chi connectivity index (χ1n) is 10.7. The van der Waals surface area contributed by atoms with Crippen molar-refractivity contribution in [2.75, 3.05) is 24.7 Å². The minimum atomic E-state index is -0.261. The fourth-order valence-corrected chi connectivity index (χ4v) is 4.96. The SMILES string of the molecule is CNC(=O)C1=C(C)N=C2SCCCN2C1c1ccc(NC(=O)NCc2ccccc2)cc1. The van der Waals surface area contributed by atoms with Crippen LogP contribution in [0.25, 0.3) is 0 Å². The summed E-state index contributed by atoms with van der Waals surface area (Å²) in [5.41, 5.74) is 4.14. The topological polar surface area (TPSA) is 85.8 Å². The number of anilines is 1. The summed E-state index contributed by atoms with van der Waals surface area (Å²) in [5, 5.41) is 9.46. The fourth-order valence-electron chi connectivity index (χ4n) is 3.94. The van der Waals surface area contributed by atoms with Gasteiger partial charge in [-0.2, -0.15) is 0 Å². The Labute approximate surface area is 192 Å². The number of thioether (sulfide) groups is 1. The van der Waals surface area contributed by atoms with E-state index < -0.39 is 0 Å². The van der Waals surface area contributed by atoms with E-state index in [0.717, 1.165) is 40.7 Å². The number of aliphatic imine (C=N–C) groups is 1. The first-order chi connectivity index (χ1) is 15.6. The number of benzene rings is 2. The molecule has 166 valence electrons. The third-order valence-corrected chi connectivity index (χ3v) is 6.59. The maximum Gasteiger partial charge on any atom is 0.319 e. The molecule has 2 aromatic carbocycles. The van der Waals surface area contributed by atoms with Gasteiger partial charge in [-0.1, -0.05) is 54.2 Å². The molecule has 3 N–H and O–H groups in total. The molecule has 2 aromatic rings. The zero-order valence-electron chi connectivity index (χ0n) is 18.2. The number of carbonyl (C=O) groups excluding carboxylic acids is 2. The van der Waals surface area contributed by atoms with Gasteiger partial charge in [-0.05, 0) is 36.6 Å². The third kappa shape index (κ3) is 4.80. The van der Waals surface area contributed by atoms with Gasteiger partial charge in [0.1, 0.15) is 0 Å². The molecule has 0 bridgehead atoms. The first-order valence-corrected chi connectivity index (χ1v) is 11.6. The van der Waals surface area contributed by atoms with Crippen molar-refractivity contribution >= 4 is 34.6 Å². The number of urea groups is 1. The summed E-state index contributed by atoms with van der Waals surface area (Å²) in [6, 6.07) is 17.0. The number of carbonyl (C=O) groups is 2. The van der Waals surface area contributed by atoms with Gasteiger partial charge < -0.3 is 20.9 Å². The number of nitrogens with one attached hydrogen (secondary N) is 3. The number of nitrogens with zero attached hydrogens (tertiary/aromatic N) is 2. The minimum Gasteiger partial charge on any atom is -0.355 e. The van der Waals surface area contributed by atoms with E-state index >= 15 is 0 Å². The van der Waals surface area contributed by atoms with Crippen LogP contribution in [0.1, 0.15) is 30.5 Å². The fraction of sp³-hybridized carbons (Fsp3) is 0.292. The lowest BCUT2D eigenvalue weighted by atomic mass is 9.93. The van der Waals surface area contributed by atoms with Crippen LogP contribution in [-0.2, 0) is 11.3 Å². The largest absolute Gasteiger partial charge is 0.355 e. The second-order valence-corrected chi connectivity index (χ2v) is 8.75. The van der Waals surface area contributed by atoms with Crippen molar-refractivity contribution in [3.8, 4) is 0 Å². The summed E-state index contributed by atoms with van der Waals surface area (Å²) in [6.45, 7) is 3.21. The molecule has 4 rings (SSSR count). The van der Waals surface area contributed by atoms with E-state index in [2.05, 4.69) is 20.9 Å². The number of rotatable bonds is 5. The van der Waals surface area contributed by atoms with Gasteiger partial charge in [0, 0.05) is 31.6 Å². The highest BCUT2D eigenvalue weighted by molar-refractivity contribution is 8.13. The second-order valence-electron chi connectivity index (χ2n) is 7.69. The molecule has 7 nitrogen and oxygen atoms in total. The minimum absolute atomic E-state index is 0.117. The van der Waals surface area contributed by atoms with Gasteiger partial charge in [0.2, 0.25) is 0 Å². The molecule has 2 aliphatic heterocycles. The summed E-state index contributed by atoms with van der Waals surface area (Å²) in [7, 11) is 1.64. The van der Waals surface area contributed by atoms with Crippen molar-refractivity contribution in [2.24, 2.45) is 4.99 Å². The number of amidine groups is 1. The highest BCUT2D eigenvalue weighted by Crippen LogP contribution is 2.39. The Kier molecular flexibility index (Phi) is 6.80. The molecule has 32 heavy (non-hydrogen) atoms. The van der Waals surface area contributed by atoms with E-state index in [0.29, 0.717) is 17.8 Å². The molecule has 0 spiro atoms. The van der Waals surface area contributed by atoms with E-state index in [1.807, 2.05) is 61.5 Å². The van der Waals surface area contributed by atoms with Gasteiger partial charge in [-0.3, -0.25) is 4.79 Å². The van der Waals surface area contributed by atoms with Gasteiger partial charge in [-0.25, -0.2) is 9.79 Å². The zero-order chi connectivity index (χ0) is 22.5. The van der Waals surface area contributed by atoms with Crippen molar-refractivity contribution in [2.45, 2.75) is 25.9 Å². The summed E-state index contributed by atoms with van der Waals surface area (Å²) < 4.78 is 0. The number of amides is 3. The molecular weight excluding hydrogens is 422 g/mol. The summed E-state index contributed by atoms with van der Waals surface area (Å²) >= 11 is 1.73. The molecule has 3 amide bonds. The molecule has 0 saturated carbocycles. The predicted octanol–water partition coefficient (Wildman–Crippen LogP) is 3.88. The highest BCUT2D eigenvalue weighted by atomic mass is 32.2. The summed E-state index contributed by atoms with van der Waals surface area (Å²) in [6.07, 6.45) is 1.04. The Hall–Kier alpha value is -3.26. The Morgan fingerprint density at radius 1 is 1.12 bits per heavy atom. The molecule has 0 aliphatic carbocycles. The lowest BCUT2D eigenvalue weighted by molar-refractivity contribution is -0.117. The van der Waals surface area contributed by atoms with Crippen LogP contribution in [0.15, 0.2) is 70.9 Å². The standard InChI is InChI=1S/C24H27N5O2S/c1-16-20(22(30)25-2)21(29-13-6-14-32-24(29)27-16)18-9-11-19(12-10-18)28-23(31)26-15-17-7-4-3-5-8-17/h3-5,7-12,21H,6,13-15H2,1-2H3,(H,25,30)(H2,26,28,31). The number of fused-ring (bicyclic) bond motifs is 1. The van der Waals surface area contributed by atoms with E-state index in [1.54, 1.807) is 18.8 Å². The Morgan fingerprint density at radius 2 is 1.88 bits per heavy atom. The molecule has 2 aliphatic rings. The first kappa shape index (κ1) is 22.0. The van der Waals surface area contributed by atoms with Crippen molar-refractivity contribution < 1.29 is 9.59 Å². The lowest BCUT2D eigenvalue weighted by Gasteiger charge is -2.40. The summed E-state index contributed by atoms with van der Waals surface area (Å²) in [4.78, 5) is 31.9. The molecule has 1 saturated heterocycles. The Morgan fingerprint density at radius 3 is 2.59 bits per heavy atom. The number of likely N-dealkylation sites (N-methyl/N-ethyl adjacent to an activating group) is 1. The molecule has 1 unspecified atom stereocenters. The molecule has 8 heteroatoms. The number of hydrogen-bond acceptors (Lipinski definition) is 5. The van der Waals surface area contributed by atoms with E-state index in [4.69, 9.17) is 4.99 Å². The van der Waals surface area contributed by atoms with Crippen molar-refractivity contribution in [3.63, 3.8) is 0 Å². The highest BCUT2D eigenvalue weighted by Gasteiger charge is 2.36. The lowest BCUT2D eigenvalue weighted by Crippen LogP contribution is -2.43. The van der Waals surface area contributed by atoms with E-state index in [-0.39, 0.29) is 18.0 Å². The van der Waals surface area contributed by atoms with Crippen LogP contribution in [-0.4, -0.2) is 41.4 Å². The average Bonchev–Trinajstić information content (AvgIpc) is 2.82. The van der Waals surface area contributed by atoms with E-state index in [1.165, 1.54) is 0 Å². The van der Waals surface area contributed by atoms with Gasteiger partial charge >= 0.3 is 6.03 Å². The number of allylic oxidation sites excluding steroid dienone is 1. The average molecular weight is 450 g/mol. The smallest absolute Gasteiger partial charge is 0.319 e. The zero-order valence-corrected chi connectivity index (χ0v) is 19.0. The van der Waals surface area contributed by atoms with Crippen LogP contribution >= 0.6 is 11.8 Å². The van der Waals surface area contributed by atoms with Crippen LogP contribution < -0.4 is 16.0 Å². The van der Waals surface area contributed by atoms with Crippen molar-refractivity contribution in [3.05, 3.63) is 77.0 Å². The monoisotopic (exact) mass is 449 g/mol. The number of hydrogen-bond donors (Lipinski definition) is 3. The normalized spacial score (nSPS) is 17.9. The van der Waals surface area contributed by atoms with Gasteiger partial charge in [0.05, 0.1) is 17.3 Å². The van der Waals surface area contributed by atoms with Crippen LogP contribution in [0, 0.1) is 0 Å². The molecular formula is C24H27N5O2S. The maximum atomic E-state index is 12.7. The predicted molar refractivity (Wildman–Crippen MR) is 129 cm³/mol. The molecule has 1 fully saturated rings. The van der Waals surface area contributed by atoms with Gasteiger partial charge in [-0.15, -0.1) is 0 Å².